The van der Waals surface area contributed by atoms with Gasteiger partial charge in [-0.3, -0.25) is 9.69 Å². The normalized spacial score (nSPS) is 25.5. The zero-order chi connectivity index (χ0) is 19.4. The molecule has 152 valence electrons. The molecule has 1 aromatic heterocycles. The highest BCUT2D eigenvalue weighted by Crippen LogP contribution is 2.25. The summed E-state index contributed by atoms with van der Waals surface area (Å²) in [5.74, 6) is 0.677. The standard InChI is InChI=1S/C20H34N4O2S/c1-14(2)19-22-17(13-27-19)12-23(3)20(25)15-4-5-16(21)11-24(10-15)18-6-8-26-9-7-18/h13-16,18H,4-12,21H2,1-3H3/t15-,16+/m1/s1. The number of nitrogens with zero attached hydrogens (tertiary/aromatic N) is 3. The number of thiazole rings is 1. The molecular weight excluding hydrogens is 360 g/mol. The van der Waals surface area contributed by atoms with E-state index in [2.05, 4.69) is 29.1 Å². The van der Waals surface area contributed by atoms with Crippen LogP contribution in [0.3, 0.4) is 0 Å². The van der Waals surface area contributed by atoms with Crippen molar-refractivity contribution in [2.24, 2.45) is 11.7 Å². The summed E-state index contributed by atoms with van der Waals surface area (Å²) in [5, 5.41) is 3.22. The van der Waals surface area contributed by atoms with E-state index in [0.29, 0.717) is 18.5 Å². The van der Waals surface area contributed by atoms with Crippen molar-refractivity contribution in [3.63, 3.8) is 0 Å². The summed E-state index contributed by atoms with van der Waals surface area (Å²) in [7, 11) is 1.90. The van der Waals surface area contributed by atoms with E-state index in [9.17, 15) is 4.79 Å². The molecule has 2 N–H and O–H groups in total. The van der Waals surface area contributed by atoms with Crippen LogP contribution in [0, 0.1) is 5.92 Å². The second kappa shape index (κ2) is 9.45. The van der Waals surface area contributed by atoms with Gasteiger partial charge in [0, 0.05) is 56.7 Å². The van der Waals surface area contributed by atoms with E-state index < -0.39 is 0 Å². The molecule has 0 saturated carbocycles. The summed E-state index contributed by atoms with van der Waals surface area (Å²) in [6, 6.07) is 0.652. The molecule has 6 nitrogen and oxygen atoms in total. The highest BCUT2D eigenvalue weighted by Gasteiger charge is 2.32. The van der Waals surface area contributed by atoms with Crippen molar-refractivity contribution in [2.75, 3.05) is 33.4 Å². The lowest BCUT2D eigenvalue weighted by atomic mass is 10.00. The largest absolute Gasteiger partial charge is 0.381 e. The van der Waals surface area contributed by atoms with Crippen LogP contribution in [0.15, 0.2) is 5.38 Å². The van der Waals surface area contributed by atoms with Crippen LogP contribution in [0.25, 0.3) is 0 Å². The van der Waals surface area contributed by atoms with Crippen molar-refractivity contribution in [2.45, 2.75) is 64.1 Å². The molecular formula is C20H34N4O2S. The van der Waals surface area contributed by atoms with Gasteiger partial charge in [-0.25, -0.2) is 4.98 Å². The lowest BCUT2D eigenvalue weighted by molar-refractivity contribution is -0.135. The Morgan fingerprint density at radius 2 is 2.07 bits per heavy atom. The molecule has 3 heterocycles. The zero-order valence-electron chi connectivity index (χ0n) is 16.9. The predicted molar refractivity (Wildman–Crippen MR) is 109 cm³/mol. The van der Waals surface area contributed by atoms with Gasteiger partial charge in [0.05, 0.1) is 23.2 Å². The predicted octanol–water partition coefficient (Wildman–Crippen LogP) is 2.44. The summed E-state index contributed by atoms with van der Waals surface area (Å²) in [5.41, 5.74) is 7.31. The molecule has 0 bridgehead atoms. The van der Waals surface area contributed by atoms with Crippen molar-refractivity contribution in [3.05, 3.63) is 16.1 Å². The van der Waals surface area contributed by atoms with Crippen LogP contribution >= 0.6 is 11.3 Å². The minimum absolute atomic E-state index is 0.0228. The maximum absolute atomic E-state index is 13.1. The lowest BCUT2D eigenvalue weighted by Crippen LogP contribution is -2.47. The Bertz CT molecular complexity index is 615. The summed E-state index contributed by atoms with van der Waals surface area (Å²) in [6.07, 6.45) is 3.87. The van der Waals surface area contributed by atoms with Gasteiger partial charge in [-0.15, -0.1) is 11.3 Å². The molecule has 0 aliphatic carbocycles. The SMILES string of the molecule is CC(C)c1nc(CN(C)C(=O)[C@@H]2CC[C@H](N)CN(C3CCOCC3)C2)cs1. The van der Waals surface area contributed by atoms with Crippen LogP contribution in [-0.4, -0.2) is 66.1 Å². The Labute approximate surface area is 167 Å². The van der Waals surface area contributed by atoms with Gasteiger partial charge in [-0.2, -0.15) is 0 Å². The first-order valence-corrected chi connectivity index (χ1v) is 11.1. The Morgan fingerprint density at radius 1 is 1.33 bits per heavy atom. The molecule has 0 spiro atoms. The maximum Gasteiger partial charge on any atom is 0.227 e. The van der Waals surface area contributed by atoms with E-state index >= 15 is 0 Å². The molecule has 1 amide bonds. The van der Waals surface area contributed by atoms with Crippen LogP contribution in [0.4, 0.5) is 0 Å². The van der Waals surface area contributed by atoms with E-state index in [4.69, 9.17) is 10.5 Å². The number of hydrogen-bond acceptors (Lipinski definition) is 6. The minimum atomic E-state index is 0.0228. The summed E-state index contributed by atoms with van der Waals surface area (Å²) >= 11 is 1.68. The van der Waals surface area contributed by atoms with Gasteiger partial charge in [-0.1, -0.05) is 13.8 Å². The molecule has 1 aromatic rings. The highest BCUT2D eigenvalue weighted by atomic mass is 32.1. The molecule has 27 heavy (non-hydrogen) atoms. The minimum Gasteiger partial charge on any atom is -0.381 e. The first-order chi connectivity index (χ1) is 12.9. The third-order valence-electron chi connectivity index (χ3n) is 5.71. The smallest absolute Gasteiger partial charge is 0.227 e. The van der Waals surface area contributed by atoms with Crippen LogP contribution < -0.4 is 5.73 Å². The van der Waals surface area contributed by atoms with Crippen molar-refractivity contribution >= 4 is 17.2 Å². The van der Waals surface area contributed by atoms with Crippen molar-refractivity contribution in [3.8, 4) is 0 Å². The fourth-order valence-corrected chi connectivity index (χ4v) is 4.93. The third-order valence-corrected chi connectivity index (χ3v) is 6.90. The number of carbonyl (C=O) groups is 1. The van der Waals surface area contributed by atoms with Gasteiger partial charge in [-0.05, 0) is 25.7 Å². The topological polar surface area (TPSA) is 71.7 Å². The number of ether oxygens (including phenoxy) is 1. The summed E-state index contributed by atoms with van der Waals surface area (Å²) in [4.78, 5) is 22.1. The van der Waals surface area contributed by atoms with Gasteiger partial charge in [0.15, 0.2) is 0 Å². The number of amides is 1. The quantitative estimate of drug-likeness (QED) is 0.830. The molecule has 2 aliphatic rings. The molecule has 2 aliphatic heterocycles. The highest BCUT2D eigenvalue weighted by molar-refractivity contribution is 7.09. The first-order valence-electron chi connectivity index (χ1n) is 10.2. The van der Waals surface area contributed by atoms with Gasteiger partial charge in [0.2, 0.25) is 5.91 Å². The second-order valence-electron chi connectivity index (χ2n) is 8.36. The molecule has 2 saturated heterocycles. The Balaban J connectivity index is 1.62. The Hall–Kier alpha value is -1.02. The van der Waals surface area contributed by atoms with E-state index in [-0.39, 0.29) is 17.9 Å². The Kier molecular flexibility index (Phi) is 7.25. The van der Waals surface area contributed by atoms with Gasteiger partial charge in [0.25, 0.3) is 0 Å². The molecule has 0 unspecified atom stereocenters. The molecule has 2 fully saturated rings. The average molecular weight is 395 g/mol. The van der Waals surface area contributed by atoms with Crippen LogP contribution in [0.2, 0.25) is 0 Å². The molecule has 3 rings (SSSR count). The van der Waals surface area contributed by atoms with Crippen molar-refractivity contribution in [1.82, 2.24) is 14.8 Å². The number of nitrogens with two attached hydrogens (primary N) is 1. The van der Waals surface area contributed by atoms with E-state index in [1.165, 1.54) is 0 Å². The number of rotatable bonds is 5. The number of hydrogen-bond donors (Lipinski definition) is 1. The monoisotopic (exact) mass is 394 g/mol. The van der Waals surface area contributed by atoms with Crippen LogP contribution in [-0.2, 0) is 16.1 Å². The van der Waals surface area contributed by atoms with E-state index in [1.54, 1.807) is 11.3 Å². The van der Waals surface area contributed by atoms with Crippen LogP contribution in [0.1, 0.15) is 56.2 Å². The number of aromatic nitrogens is 1. The van der Waals surface area contributed by atoms with Gasteiger partial charge < -0.3 is 15.4 Å². The fourth-order valence-electron chi connectivity index (χ4n) is 4.10. The first kappa shape index (κ1) is 20.7. The fraction of sp³-hybridized carbons (Fsp3) is 0.800. The maximum atomic E-state index is 13.1. The van der Waals surface area contributed by atoms with Gasteiger partial charge >= 0.3 is 0 Å². The molecule has 2 atom stereocenters. The van der Waals surface area contributed by atoms with E-state index in [1.807, 2.05) is 11.9 Å². The third kappa shape index (κ3) is 5.50. The Morgan fingerprint density at radius 3 is 2.74 bits per heavy atom. The summed E-state index contributed by atoms with van der Waals surface area (Å²) < 4.78 is 5.51. The summed E-state index contributed by atoms with van der Waals surface area (Å²) in [6.45, 7) is 8.22. The molecule has 0 aromatic carbocycles. The average Bonchev–Trinajstić information content (AvgIpc) is 3.04. The zero-order valence-corrected chi connectivity index (χ0v) is 17.7. The number of likely N-dealkylation sites (tertiary alicyclic amines) is 1. The molecule has 0 radical (unpaired) electrons. The van der Waals surface area contributed by atoms with Crippen molar-refractivity contribution < 1.29 is 9.53 Å². The van der Waals surface area contributed by atoms with Gasteiger partial charge in [0.1, 0.15) is 0 Å². The molecule has 7 heteroatoms. The number of carbonyl (C=O) groups excluding carboxylic acids is 1. The van der Waals surface area contributed by atoms with Crippen LogP contribution in [0.5, 0.6) is 0 Å². The van der Waals surface area contributed by atoms with E-state index in [0.717, 1.165) is 62.7 Å². The lowest BCUT2D eigenvalue weighted by Gasteiger charge is -2.36. The second-order valence-corrected chi connectivity index (χ2v) is 9.25. The van der Waals surface area contributed by atoms with Crippen molar-refractivity contribution in [1.29, 1.82) is 0 Å².